The maximum absolute atomic E-state index is 11.1. The first-order valence-electron chi connectivity index (χ1n) is 3.60. The number of aromatic nitrogens is 1. The fourth-order valence-electron chi connectivity index (χ4n) is 0.825. The van der Waals surface area contributed by atoms with E-state index in [2.05, 4.69) is 5.32 Å². The third-order valence-corrected chi connectivity index (χ3v) is 1.49. The molecule has 0 unspecified atom stereocenters. The average molecular weight is 166 g/mol. The third-order valence-electron chi connectivity index (χ3n) is 1.49. The topological polar surface area (TPSA) is 51.1 Å². The number of nitrogens with zero attached hydrogens (tertiary/aromatic N) is 1. The Hall–Kier alpha value is -1.58. The van der Waals surface area contributed by atoms with Crippen molar-refractivity contribution >= 4 is 5.91 Å². The van der Waals surface area contributed by atoms with Crippen molar-refractivity contribution in [3.63, 3.8) is 0 Å². The maximum atomic E-state index is 11.1. The molecule has 1 rings (SSSR count). The van der Waals surface area contributed by atoms with Gasteiger partial charge in [0.15, 0.2) is 0 Å². The van der Waals surface area contributed by atoms with Crippen LogP contribution in [0.2, 0.25) is 0 Å². The Labute approximate surface area is 69.8 Å². The molecule has 0 saturated carbocycles. The molecule has 0 aliphatic carbocycles. The Morgan fingerprint density at radius 2 is 2.33 bits per heavy atom. The van der Waals surface area contributed by atoms with Crippen molar-refractivity contribution in [2.75, 3.05) is 7.05 Å². The zero-order valence-electron chi connectivity index (χ0n) is 6.78. The summed E-state index contributed by atoms with van der Waals surface area (Å²) < 4.78 is 1.35. The van der Waals surface area contributed by atoms with Gasteiger partial charge >= 0.3 is 0 Å². The molecule has 0 fully saturated rings. The van der Waals surface area contributed by atoms with Crippen LogP contribution in [0.1, 0.15) is 0 Å². The van der Waals surface area contributed by atoms with Crippen LogP contribution in [0.15, 0.2) is 29.2 Å². The van der Waals surface area contributed by atoms with Crippen molar-refractivity contribution in [3.8, 4) is 0 Å². The lowest BCUT2D eigenvalue weighted by Crippen LogP contribution is -2.29. The second kappa shape index (κ2) is 3.71. The van der Waals surface area contributed by atoms with Gasteiger partial charge in [-0.3, -0.25) is 9.59 Å². The lowest BCUT2D eigenvalue weighted by atomic mass is 10.4. The summed E-state index contributed by atoms with van der Waals surface area (Å²) in [7, 11) is 1.54. The Kier molecular flexibility index (Phi) is 2.63. The zero-order chi connectivity index (χ0) is 8.97. The molecule has 1 aromatic rings. The highest BCUT2D eigenvalue weighted by Gasteiger charge is 1.99. The van der Waals surface area contributed by atoms with Gasteiger partial charge in [0, 0.05) is 19.3 Å². The maximum Gasteiger partial charge on any atom is 0.250 e. The standard InChI is InChI=1S/C8H10N2O2/c1-9-7(11)6-10-5-3-2-4-8(10)12/h2-5H,6H2,1H3,(H,9,11). The van der Waals surface area contributed by atoms with Gasteiger partial charge in [-0.25, -0.2) is 0 Å². The summed E-state index contributed by atoms with van der Waals surface area (Å²) in [6, 6.07) is 4.77. The molecule has 64 valence electrons. The molecule has 0 radical (unpaired) electrons. The zero-order valence-corrected chi connectivity index (χ0v) is 6.78. The number of likely N-dealkylation sites (N-methyl/N-ethyl adjacent to an activating group) is 1. The lowest BCUT2D eigenvalue weighted by Gasteiger charge is -2.02. The molecule has 1 amide bonds. The highest BCUT2D eigenvalue weighted by Crippen LogP contribution is 1.81. The predicted molar refractivity (Wildman–Crippen MR) is 44.8 cm³/mol. The monoisotopic (exact) mass is 166 g/mol. The molecule has 0 aromatic carbocycles. The van der Waals surface area contributed by atoms with Crippen molar-refractivity contribution in [1.82, 2.24) is 9.88 Å². The van der Waals surface area contributed by atoms with Crippen LogP contribution in [0.3, 0.4) is 0 Å². The summed E-state index contributed by atoms with van der Waals surface area (Å²) in [4.78, 5) is 21.9. The average Bonchev–Trinajstić information content (AvgIpc) is 2.09. The van der Waals surface area contributed by atoms with Crippen LogP contribution in [-0.2, 0) is 11.3 Å². The fraction of sp³-hybridized carbons (Fsp3) is 0.250. The van der Waals surface area contributed by atoms with Crippen molar-refractivity contribution in [3.05, 3.63) is 34.7 Å². The Morgan fingerprint density at radius 1 is 1.58 bits per heavy atom. The van der Waals surface area contributed by atoms with E-state index in [0.29, 0.717) is 0 Å². The van der Waals surface area contributed by atoms with E-state index in [4.69, 9.17) is 0 Å². The van der Waals surface area contributed by atoms with Gasteiger partial charge in [-0.1, -0.05) is 6.07 Å². The normalized spacial score (nSPS) is 9.42. The van der Waals surface area contributed by atoms with E-state index in [1.54, 1.807) is 18.3 Å². The quantitative estimate of drug-likeness (QED) is 0.649. The van der Waals surface area contributed by atoms with Gasteiger partial charge in [-0.15, -0.1) is 0 Å². The van der Waals surface area contributed by atoms with E-state index >= 15 is 0 Å². The van der Waals surface area contributed by atoms with E-state index < -0.39 is 0 Å². The molecule has 0 spiro atoms. The first kappa shape index (κ1) is 8.52. The second-order valence-electron chi connectivity index (χ2n) is 2.34. The van der Waals surface area contributed by atoms with Gasteiger partial charge in [0.2, 0.25) is 5.91 Å². The molecule has 0 aliphatic rings. The van der Waals surface area contributed by atoms with Gasteiger partial charge in [-0.2, -0.15) is 0 Å². The highest BCUT2D eigenvalue weighted by molar-refractivity contribution is 5.75. The SMILES string of the molecule is CNC(=O)Cn1ccccc1=O. The molecule has 0 bridgehead atoms. The Morgan fingerprint density at radius 3 is 2.92 bits per heavy atom. The summed E-state index contributed by atoms with van der Waals surface area (Å²) in [5, 5.41) is 2.44. The number of pyridine rings is 1. The minimum Gasteiger partial charge on any atom is -0.358 e. The number of nitrogens with one attached hydrogen (secondary N) is 1. The van der Waals surface area contributed by atoms with Gasteiger partial charge in [0.1, 0.15) is 6.54 Å². The predicted octanol–water partition coefficient (Wildman–Crippen LogP) is -0.406. The third kappa shape index (κ3) is 1.95. The molecule has 1 N–H and O–H groups in total. The van der Waals surface area contributed by atoms with Crippen molar-refractivity contribution in [2.24, 2.45) is 0 Å². The second-order valence-corrected chi connectivity index (χ2v) is 2.34. The fourth-order valence-corrected chi connectivity index (χ4v) is 0.825. The first-order valence-corrected chi connectivity index (χ1v) is 3.60. The molecule has 0 saturated heterocycles. The van der Waals surface area contributed by atoms with Crippen LogP contribution in [0.4, 0.5) is 0 Å². The molecule has 4 heteroatoms. The first-order chi connectivity index (χ1) is 5.74. The van der Waals surface area contributed by atoms with E-state index in [-0.39, 0.29) is 18.0 Å². The highest BCUT2D eigenvalue weighted by atomic mass is 16.2. The number of amides is 1. The van der Waals surface area contributed by atoms with Crippen molar-refractivity contribution in [2.45, 2.75) is 6.54 Å². The minimum atomic E-state index is -0.178. The van der Waals surface area contributed by atoms with Gasteiger partial charge < -0.3 is 9.88 Å². The van der Waals surface area contributed by atoms with Crippen LogP contribution in [0.5, 0.6) is 0 Å². The smallest absolute Gasteiger partial charge is 0.250 e. The Bertz CT molecular complexity index is 330. The lowest BCUT2D eigenvalue weighted by molar-refractivity contribution is -0.121. The molecule has 1 heterocycles. The van der Waals surface area contributed by atoms with Crippen molar-refractivity contribution < 1.29 is 4.79 Å². The number of carbonyl (C=O) groups excluding carboxylic acids is 1. The summed E-state index contributed by atoms with van der Waals surface area (Å²) in [5.41, 5.74) is -0.166. The van der Waals surface area contributed by atoms with Crippen molar-refractivity contribution in [1.29, 1.82) is 0 Å². The van der Waals surface area contributed by atoms with E-state index in [9.17, 15) is 9.59 Å². The molecular formula is C8H10N2O2. The molecule has 12 heavy (non-hydrogen) atoms. The van der Waals surface area contributed by atoms with E-state index in [0.717, 1.165) is 0 Å². The number of carbonyl (C=O) groups is 1. The number of rotatable bonds is 2. The molecule has 4 nitrogen and oxygen atoms in total. The summed E-state index contributed by atoms with van der Waals surface area (Å²) >= 11 is 0. The van der Waals surface area contributed by atoms with Crippen LogP contribution >= 0.6 is 0 Å². The van der Waals surface area contributed by atoms with E-state index in [1.807, 2.05) is 0 Å². The summed E-state index contributed by atoms with van der Waals surface area (Å²) in [6.45, 7) is 0.0795. The van der Waals surface area contributed by atoms with Gasteiger partial charge in [0.25, 0.3) is 5.56 Å². The van der Waals surface area contributed by atoms with Crippen LogP contribution in [0, 0.1) is 0 Å². The van der Waals surface area contributed by atoms with Crippen LogP contribution < -0.4 is 10.9 Å². The number of hydrogen-bond acceptors (Lipinski definition) is 2. The molecule has 0 atom stereocenters. The van der Waals surface area contributed by atoms with Gasteiger partial charge in [0.05, 0.1) is 0 Å². The molecule has 1 aromatic heterocycles. The molecule has 0 aliphatic heterocycles. The van der Waals surface area contributed by atoms with Gasteiger partial charge in [-0.05, 0) is 6.07 Å². The van der Waals surface area contributed by atoms with Crippen LogP contribution in [-0.4, -0.2) is 17.5 Å². The van der Waals surface area contributed by atoms with E-state index in [1.165, 1.54) is 17.7 Å². The Balaban J connectivity index is 2.83. The largest absolute Gasteiger partial charge is 0.358 e. The van der Waals surface area contributed by atoms with Crippen LogP contribution in [0.25, 0.3) is 0 Å². The summed E-state index contributed by atoms with van der Waals surface area (Å²) in [5.74, 6) is -0.178. The number of hydrogen-bond donors (Lipinski definition) is 1. The summed E-state index contributed by atoms with van der Waals surface area (Å²) in [6.07, 6.45) is 1.58. The molecular weight excluding hydrogens is 156 g/mol. The minimum absolute atomic E-state index is 0.0795.